The van der Waals surface area contributed by atoms with Crippen molar-refractivity contribution in [2.45, 2.75) is 51.7 Å². The first-order valence-electron chi connectivity index (χ1n) is 8.03. The number of nitrogens with zero attached hydrogens (tertiary/aromatic N) is 1. The van der Waals surface area contributed by atoms with Crippen LogP contribution >= 0.6 is 0 Å². The Labute approximate surface area is 127 Å². The molecule has 1 saturated heterocycles. The van der Waals surface area contributed by atoms with Crippen LogP contribution in [-0.4, -0.2) is 29.9 Å². The summed E-state index contributed by atoms with van der Waals surface area (Å²) in [6, 6.07) is 7.96. The number of likely N-dealkylation sites (tertiary alicyclic amines) is 1. The molecule has 1 atom stereocenters. The van der Waals surface area contributed by atoms with Crippen LogP contribution in [0.4, 0.5) is 0 Å². The van der Waals surface area contributed by atoms with Crippen molar-refractivity contribution < 1.29 is 4.79 Å². The van der Waals surface area contributed by atoms with E-state index in [1.807, 2.05) is 13.0 Å². The molecule has 3 N–H and O–H groups in total. The Morgan fingerprint density at radius 1 is 1.29 bits per heavy atom. The summed E-state index contributed by atoms with van der Waals surface area (Å²) in [5.74, 6) is -0.0483. The Hall–Kier alpha value is -1.39. The molecule has 0 bridgehead atoms. The normalized spacial score (nSPS) is 16.9. The van der Waals surface area contributed by atoms with Gasteiger partial charge < -0.3 is 11.1 Å². The van der Waals surface area contributed by atoms with Crippen molar-refractivity contribution in [1.29, 1.82) is 0 Å². The topological polar surface area (TPSA) is 58.4 Å². The molecule has 1 aromatic carbocycles. The van der Waals surface area contributed by atoms with Gasteiger partial charge in [-0.15, -0.1) is 0 Å². The van der Waals surface area contributed by atoms with Crippen molar-refractivity contribution >= 4 is 5.91 Å². The maximum atomic E-state index is 11.9. The Bertz CT molecular complexity index is 455. The molecule has 2 rings (SSSR count). The van der Waals surface area contributed by atoms with Gasteiger partial charge in [-0.25, -0.2) is 0 Å². The third kappa shape index (κ3) is 4.83. The van der Waals surface area contributed by atoms with Crippen LogP contribution in [-0.2, 0) is 17.9 Å². The number of amides is 1. The Morgan fingerprint density at radius 2 is 1.95 bits per heavy atom. The van der Waals surface area contributed by atoms with Gasteiger partial charge >= 0.3 is 0 Å². The van der Waals surface area contributed by atoms with Gasteiger partial charge in [0.1, 0.15) is 0 Å². The number of rotatable bonds is 7. The molecular weight excluding hydrogens is 262 g/mol. The van der Waals surface area contributed by atoms with Gasteiger partial charge in [0, 0.05) is 13.1 Å². The Morgan fingerprint density at radius 3 is 2.62 bits per heavy atom. The molecule has 0 aromatic heterocycles. The van der Waals surface area contributed by atoms with E-state index in [-0.39, 0.29) is 11.9 Å². The highest BCUT2D eigenvalue weighted by Gasteiger charge is 2.15. The zero-order chi connectivity index (χ0) is 15.1. The molecular formula is C17H27N3O. The highest BCUT2D eigenvalue weighted by Crippen LogP contribution is 2.16. The first-order chi connectivity index (χ1) is 10.2. The lowest BCUT2D eigenvalue weighted by Crippen LogP contribution is -2.40. The van der Waals surface area contributed by atoms with Gasteiger partial charge in [-0.1, -0.05) is 37.6 Å². The fraction of sp³-hybridized carbons (Fsp3) is 0.588. The van der Waals surface area contributed by atoms with Crippen LogP contribution in [0.2, 0.25) is 0 Å². The highest BCUT2D eigenvalue weighted by molar-refractivity contribution is 5.81. The minimum Gasteiger partial charge on any atom is -0.351 e. The van der Waals surface area contributed by atoms with Gasteiger partial charge in [-0.3, -0.25) is 9.69 Å². The molecule has 0 radical (unpaired) electrons. The first-order valence-corrected chi connectivity index (χ1v) is 8.03. The van der Waals surface area contributed by atoms with Crippen LogP contribution < -0.4 is 11.1 Å². The summed E-state index contributed by atoms with van der Waals surface area (Å²) in [6.45, 7) is 5.95. The largest absolute Gasteiger partial charge is 0.351 e. The molecule has 1 fully saturated rings. The predicted octanol–water partition coefficient (Wildman–Crippen LogP) is 2.03. The van der Waals surface area contributed by atoms with Gasteiger partial charge in [0.2, 0.25) is 5.91 Å². The average Bonchev–Trinajstić information content (AvgIpc) is 2.99. The quantitative estimate of drug-likeness (QED) is 0.807. The maximum Gasteiger partial charge on any atom is 0.237 e. The predicted molar refractivity (Wildman–Crippen MR) is 85.7 cm³/mol. The minimum atomic E-state index is -0.388. The number of carbonyl (C=O) groups is 1. The summed E-state index contributed by atoms with van der Waals surface area (Å²) in [5, 5.41) is 2.97. The second kappa shape index (κ2) is 8.15. The molecule has 116 valence electrons. The Balaban J connectivity index is 1.91. The van der Waals surface area contributed by atoms with Gasteiger partial charge in [-0.05, 0) is 43.5 Å². The van der Waals surface area contributed by atoms with E-state index in [1.54, 1.807) is 0 Å². The molecule has 4 heteroatoms. The maximum absolute atomic E-state index is 11.9. The molecule has 4 nitrogen and oxygen atoms in total. The van der Waals surface area contributed by atoms with Gasteiger partial charge in [0.25, 0.3) is 0 Å². The smallest absolute Gasteiger partial charge is 0.237 e. The van der Waals surface area contributed by atoms with Crippen LogP contribution in [0.5, 0.6) is 0 Å². The third-order valence-corrected chi connectivity index (χ3v) is 4.10. The van der Waals surface area contributed by atoms with Crippen LogP contribution in [0.25, 0.3) is 0 Å². The van der Waals surface area contributed by atoms with Crippen LogP contribution in [0, 0.1) is 0 Å². The zero-order valence-electron chi connectivity index (χ0n) is 13.0. The van der Waals surface area contributed by atoms with E-state index < -0.39 is 0 Å². The van der Waals surface area contributed by atoms with Crippen molar-refractivity contribution in [3.63, 3.8) is 0 Å². The fourth-order valence-electron chi connectivity index (χ4n) is 2.82. The summed E-state index contributed by atoms with van der Waals surface area (Å²) in [6.07, 6.45) is 4.26. The van der Waals surface area contributed by atoms with E-state index in [9.17, 15) is 4.79 Å². The number of carbonyl (C=O) groups excluding carboxylic acids is 1. The molecule has 0 saturated carbocycles. The average molecular weight is 289 g/mol. The number of nitrogens with two attached hydrogens (primary N) is 1. The molecule has 1 aliphatic rings. The molecule has 0 spiro atoms. The molecule has 1 heterocycles. The van der Waals surface area contributed by atoms with E-state index in [0.717, 1.165) is 19.4 Å². The lowest BCUT2D eigenvalue weighted by atomic mass is 10.1. The van der Waals surface area contributed by atoms with Gasteiger partial charge in [0.15, 0.2) is 0 Å². The zero-order valence-corrected chi connectivity index (χ0v) is 13.0. The second-order valence-corrected chi connectivity index (χ2v) is 5.86. The summed E-state index contributed by atoms with van der Waals surface area (Å²) < 4.78 is 0. The molecule has 1 aromatic rings. The monoisotopic (exact) mass is 289 g/mol. The number of benzene rings is 1. The van der Waals surface area contributed by atoms with Crippen molar-refractivity contribution in [3.05, 3.63) is 35.4 Å². The summed E-state index contributed by atoms with van der Waals surface area (Å²) in [4.78, 5) is 14.4. The van der Waals surface area contributed by atoms with Gasteiger partial charge in [-0.2, -0.15) is 0 Å². The lowest BCUT2D eigenvalue weighted by Gasteiger charge is -2.18. The summed E-state index contributed by atoms with van der Waals surface area (Å²) in [7, 11) is 0. The van der Waals surface area contributed by atoms with Crippen molar-refractivity contribution in [3.8, 4) is 0 Å². The minimum absolute atomic E-state index is 0.0483. The standard InChI is InChI=1S/C17H27N3O/c1-2-7-16(18)17(21)19-12-14-8-3-4-9-15(14)13-20-10-5-6-11-20/h3-4,8-9,16H,2,5-7,10-13,18H2,1H3,(H,19,21). The van der Waals surface area contributed by atoms with E-state index in [0.29, 0.717) is 6.54 Å². The first kappa shape index (κ1) is 16.0. The van der Waals surface area contributed by atoms with Crippen LogP contribution in [0.3, 0.4) is 0 Å². The molecule has 1 aliphatic heterocycles. The number of hydrogen-bond donors (Lipinski definition) is 2. The molecule has 1 unspecified atom stereocenters. The lowest BCUT2D eigenvalue weighted by molar-refractivity contribution is -0.122. The van der Waals surface area contributed by atoms with Gasteiger partial charge in [0.05, 0.1) is 6.04 Å². The highest BCUT2D eigenvalue weighted by atomic mass is 16.2. The van der Waals surface area contributed by atoms with E-state index in [1.165, 1.54) is 37.1 Å². The fourth-order valence-corrected chi connectivity index (χ4v) is 2.82. The SMILES string of the molecule is CCCC(N)C(=O)NCc1ccccc1CN1CCCC1. The van der Waals surface area contributed by atoms with E-state index >= 15 is 0 Å². The van der Waals surface area contributed by atoms with Crippen molar-refractivity contribution in [1.82, 2.24) is 10.2 Å². The second-order valence-electron chi connectivity index (χ2n) is 5.86. The Kier molecular flexibility index (Phi) is 6.21. The molecule has 0 aliphatic carbocycles. The number of nitrogens with one attached hydrogen (secondary N) is 1. The number of hydrogen-bond acceptors (Lipinski definition) is 3. The summed E-state index contributed by atoms with van der Waals surface area (Å²) in [5.41, 5.74) is 8.35. The van der Waals surface area contributed by atoms with E-state index in [2.05, 4.69) is 28.4 Å². The van der Waals surface area contributed by atoms with Crippen molar-refractivity contribution in [2.24, 2.45) is 5.73 Å². The van der Waals surface area contributed by atoms with Crippen molar-refractivity contribution in [2.75, 3.05) is 13.1 Å². The van der Waals surface area contributed by atoms with Crippen LogP contribution in [0.15, 0.2) is 24.3 Å². The van der Waals surface area contributed by atoms with Crippen LogP contribution in [0.1, 0.15) is 43.7 Å². The summed E-state index contributed by atoms with van der Waals surface area (Å²) >= 11 is 0. The van der Waals surface area contributed by atoms with E-state index in [4.69, 9.17) is 5.73 Å². The molecule has 21 heavy (non-hydrogen) atoms. The third-order valence-electron chi connectivity index (χ3n) is 4.10. The molecule has 1 amide bonds.